The zero-order valence-corrected chi connectivity index (χ0v) is 18.6. The van der Waals surface area contributed by atoms with Crippen molar-refractivity contribution >= 4 is 17.7 Å². The van der Waals surface area contributed by atoms with E-state index in [1.165, 1.54) is 5.56 Å². The Morgan fingerprint density at radius 1 is 1.32 bits per heavy atom. The van der Waals surface area contributed by atoms with E-state index < -0.39 is 0 Å². The van der Waals surface area contributed by atoms with Gasteiger partial charge in [0.2, 0.25) is 0 Å². The SMILES string of the molecule is COc1ccc(C)cc1C(C)NC(=NCc1nnc(C)n1C)NCCCSC. The Labute approximate surface area is 172 Å². The van der Waals surface area contributed by atoms with Gasteiger partial charge in [0.15, 0.2) is 11.8 Å². The standard InChI is InChI=1S/C20H32N6OS/c1-14-8-9-18(27-5)17(12-14)15(2)23-20(21-10-7-11-28-6)22-13-19-25-24-16(3)26(19)4/h8-9,12,15H,7,10-11,13H2,1-6H3,(H2,21,22,23). The van der Waals surface area contributed by atoms with Gasteiger partial charge in [-0.2, -0.15) is 11.8 Å². The minimum Gasteiger partial charge on any atom is -0.496 e. The summed E-state index contributed by atoms with van der Waals surface area (Å²) >= 11 is 1.85. The third kappa shape index (κ3) is 6.15. The highest BCUT2D eigenvalue weighted by Crippen LogP contribution is 2.26. The summed E-state index contributed by atoms with van der Waals surface area (Å²) in [5.41, 5.74) is 2.31. The average molecular weight is 405 g/mol. The van der Waals surface area contributed by atoms with Crippen molar-refractivity contribution in [2.45, 2.75) is 39.8 Å². The van der Waals surface area contributed by atoms with Crippen LogP contribution in [0.3, 0.4) is 0 Å². The molecule has 1 atom stereocenters. The molecule has 0 spiro atoms. The van der Waals surface area contributed by atoms with Gasteiger partial charge in [-0.05, 0) is 45.3 Å². The minimum absolute atomic E-state index is 0.0443. The number of methoxy groups -OCH3 is 1. The molecular weight excluding hydrogens is 372 g/mol. The normalized spacial score (nSPS) is 12.7. The van der Waals surface area contributed by atoms with E-state index in [9.17, 15) is 0 Å². The molecule has 8 heteroatoms. The van der Waals surface area contributed by atoms with E-state index in [2.05, 4.69) is 53.1 Å². The highest BCUT2D eigenvalue weighted by atomic mass is 32.2. The Kier molecular flexibility index (Phi) is 8.63. The zero-order valence-electron chi connectivity index (χ0n) is 17.7. The van der Waals surface area contributed by atoms with E-state index in [0.717, 1.165) is 47.6 Å². The van der Waals surface area contributed by atoms with Crippen LogP contribution in [0.2, 0.25) is 0 Å². The Balaban J connectivity index is 2.15. The average Bonchev–Trinajstić information content (AvgIpc) is 3.01. The first-order chi connectivity index (χ1) is 13.5. The second-order valence-corrected chi connectivity index (χ2v) is 7.76. The highest BCUT2D eigenvalue weighted by Gasteiger charge is 2.14. The number of ether oxygens (including phenoxy) is 1. The van der Waals surface area contributed by atoms with Crippen LogP contribution in [-0.4, -0.2) is 46.4 Å². The van der Waals surface area contributed by atoms with Crippen molar-refractivity contribution in [3.63, 3.8) is 0 Å². The summed E-state index contributed by atoms with van der Waals surface area (Å²) in [7, 11) is 3.66. The van der Waals surface area contributed by atoms with Crippen LogP contribution in [-0.2, 0) is 13.6 Å². The Hall–Kier alpha value is -2.22. The van der Waals surface area contributed by atoms with E-state index in [1.807, 2.05) is 36.4 Å². The minimum atomic E-state index is 0.0443. The molecular formula is C20H32N6OS. The molecule has 0 radical (unpaired) electrons. The van der Waals surface area contributed by atoms with E-state index >= 15 is 0 Å². The summed E-state index contributed by atoms with van der Waals surface area (Å²) in [5.74, 6) is 4.47. The van der Waals surface area contributed by atoms with Crippen LogP contribution in [0, 0.1) is 13.8 Å². The van der Waals surface area contributed by atoms with Crippen molar-refractivity contribution in [2.24, 2.45) is 12.0 Å². The van der Waals surface area contributed by atoms with Crippen molar-refractivity contribution in [1.82, 2.24) is 25.4 Å². The van der Waals surface area contributed by atoms with Gasteiger partial charge in [0, 0.05) is 19.2 Å². The maximum atomic E-state index is 5.54. The highest BCUT2D eigenvalue weighted by molar-refractivity contribution is 7.98. The van der Waals surface area contributed by atoms with Crippen molar-refractivity contribution < 1.29 is 4.74 Å². The molecule has 0 aliphatic carbocycles. The Bertz CT molecular complexity index is 789. The van der Waals surface area contributed by atoms with Crippen LogP contribution in [0.15, 0.2) is 23.2 Å². The lowest BCUT2D eigenvalue weighted by molar-refractivity contribution is 0.405. The van der Waals surface area contributed by atoms with Crippen LogP contribution >= 0.6 is 11.8 Å². The first kappa shape index (κ1) is 22.1. The number of aromatic nitrogens is 3. The number of rotatable bonds is 9. The fourth-order valence-electron chi connectivity index (χ4n) is 2.79. The number of aliphatic imine (C=N–C) groups is 1. The number of thioether (sulfide) groups is 1. The van der Waals surface area contributed by atoms with Crippen molar-refractivity contribution in [3.05, 3.63) is 41.0 Å². The summed E-state index contributed by atoms with van der Waals surface area (Å²) in [6.45, 7) is 7.46. The molecule has 0 fully saturated rings. The van der Waals surface area contributed by atoms with Gasteiger partial charge in [0.25, 0.3) is 0 Å². The number of hydrogen-bond acceptors (Lipinski definition) is 5. The van der Waals surface area contributed by atoms with E-state index in [-0.39, 0.29) is 6.04 Å². The number of nitrogens with one attached hydrogen (secondary N) is 2. The Morgan fingerprint density at radius 2 is 2.11 bits per heavy atom. The molecule has 0 amide bonds. The maximum absolute atomic E-state index is 5.54. The lowest BCUT2D eigenvalue weighted by Crippen LogP contribution is -2.39. The number of guanidine groups is 1. The fraction of sp³-hybridized carbons (Fsp3) is 0.550. The molecule has 0 saturated carbocycles. The molecule has 1 heterocycles. The number of hydrogen-bond donors (Lipinski definition) is 2. The fourth-order valence-corrected chi connectivity index (χ4v) is 3.22. The van der Waals surface area contributed by atoms with Crippen LogP contribution in [0.25, 0.3) is 0 Å². The van der Waals surface area contributed by atoms with E-state index in [0.29, 0.717) is 6.54 Å². The molecule has 0 saturated heterocycles. The van der Waals surface area contributed by atoms with Crippen LogP contribution in [0.1, 0.15) is 42.2 Å². The Morgan fingerprint density at radius 3 is 2.75 bits per heavy atom. The molecule has 2 rings (SSSR count). The van der Waals surface area contributed by atoms with Gasteiger partial charge in [0.1, 0.15) is 18.1 Å². The van der Waals surface area contributed by atoms with Crippen LogP contribution < -0.4 is 15.4 Å². The largest absolute Gasteiger partial charge is 0.496 e. The van der Waals surface area contributed by atoms with Gasteiger partial charge in [-0.3, -0.25) is 0 Å². The van der Waals surface area contributed by atoms with Gasteiger partial charge in [-0.15, -0.1) is 10.2 Å². The second-order valence-electron chi connectivity index (χ2n) is 6.77. The van der Waals surface area contributed by atoms with Gasteiger partial charge in [-0.25, -0.2) is 4.99 Å². The van der Waals surface area contributed by atoms with Gasteiger partial charge < -0.3 is 19.9 Å². The molecule has 1 unspecified atom stereocenters. The summed E-state index contributed by atoms with van der Waals surface area (Å²) in [5, 5.41) is 15.2. The van der Waals surface area contributed by atoms with Gasteiger partial charge in [0.05, 0.1) is 13.2 Å². The molecule has 154 valence electrons. The summed E-state index contributed by atoms with van der Waals surface area (Å²) in [6, 6.07) is 6.26. The van der Waals surface area contributed by atoms with Crippen LogP contribution in [0.5, 0.6) is 5.75 Å². The topological polar surface area (TPSA) is 76.4 Å². The third-order valence-electron chi connectivity index (χ3n) is 4.58. The smallest absolute Gasteiger partial charge is 0.192 e. The van der Waals surface area contributed by atoms with Crippen molar-refractivity contribution in [3.8, 4) is 5.75 Å². The number of benzene rings is 1. The van der Waals surface area contributed by atoms with Crippen molar-refractivity contribution in [1.29, 1.82) is 0 Å². The predicted octanol–water partition coefficient (Wildman–Crippen LogP) is 2.99. The van der Waals surface area contributed by atoms with E-state index in [4.69, 9.17) is 9.73 Å². The number of aryl methyl sites for hydroxylation is 2. The molecule has 1 aromatic carbocycles. The molecule has 0 aliphatic rings. The van der Waals surface area contributed by atoms with Crippen LogP contribution in [0.4, 0.5) is 0 Å². The predicted molar refractivity (Wildman–Crippen MR) is 117 cm³/mol. The molecule has 2 aromatic rings. The summed E-state index contributed by atoms with van der Waals surface area (Å²) < 4.78 is 7.50. The molecule has 0 aliphatic heterocycles. The lowest BCUT2D eigenvalue weighted by atomic mass is 10.0. The molecule has 0 bridgehead atoms. The second kappa shape index (κ2) is 10.9. The molecule has 1 aromatic heterocycles. The third-order valence-corrected chi connectivity index (χ3v) is 5.28. The van der Waals surface area contributed by atoms with Gasteiger partial charge in [-0.1, -0.05) is 17.7 Å². The van der Waals surface area contributed by atoms with E-state index in [1.54, 1.807) is 7.11 Å². The summed E-state index contributed by atoms with van der Waals surface area (Å²) in [4.78, 5) is 4.73. The maximum Gasteiger partial charge on any atom is 0.192 e. The monoisotopic (exact) mass is 404 g/mol. The lowest BCUT2D eigenvalue weighted by Gasteiger charge is -2.21. The zero-order chi connectivity index (χ0) is 20.5. The van der Waals surface area contributed by atoms with Gasteiger partial charge >= 0.3 is 0 Å². The quantitative estimate of drug-likeness (QED) is 0.380. The first-order valence-electron chi connectivity index (χ1n) is 9.49. The molecule has 2 N–H and O–H groups in total. The first-order valence-corrected chi connectivity index (χ1v) is 10.9. The summed E-state index contributed by atoms with van der Waals surface area (Å²) in [6.07, 6.45) is 3.20. The van der Waals surface area contributed by atoms with Crippen molar-refractivity contribution in [2.75, 3.05) is 25.7 Å². The molecule has 28 heavy (non-hydrogen) atoms. The number of nitrogens with zero attached hydrogens (tertiary/aromatic N) is 4. The molecule has 7 nitrogen and oxygen atoms in total.